The van der Waals surface area contributed by atoms with Gasteiger partial charge in [-0.1, -0.05) is 25.1 Å². The van der Waals surface area contributed by atoms with Gasteiger partial charge in [-0.05, 0) is 54.7 Å². The molecule has 0 aliphatic heterocycles. The number of aryl methyl sites for hydroxylation is 2. The average Bonchev–Trinajstić information content (AvgIpc) is 3.01. The van der Waals surface area contributed by atoms with Gasteiger partial charge in [0.1, 0.15) is 0 Å². The fourth-order valence-electron chi connectivity index (χ4n) is 2.89. The van der Waals surface area contributed by atoms with Crippen LogP contribution in [-0.2, 0) is 22.9 Å². The molecule has 0 atom stereocenters. The van der Waals surface area contributed by atoms with Gasteiger partial charge in [0.25, 0.3) is 10.0 Å². The van der Waals surface area contributed by atoms with E-state index in [2.05, 4.69) is 4.72 Å². The molecule has 1 aliphatic carbocycles. The van der Waals surface area contributed by atoms with E-state index in [0.717, 1.165) is 19.3 Å². The van der Waals surface area contributed by atoms with Gasteiger partial charge < -0.3 is 0 Å². The zero-order valence-electron chi connectivity index (χ0n) is 13.0. The third-order valence-electron chi connectivity index (χ3n) is 4.14. The summed E-state index contributed by atoms with van der Waals surface area (Å²) >= 11 is 0. The highest BCUT2D eigenvalue weighted by atomic mass is 32.2. The summed E-state index contributed by atoms with van der Waals surface area (Å²) in [5.41, 5.74) is 3.49. The quantitative estimate of drug-likeness (QED) is 0.853. The van der Waals surface area contributed by atoms with Gasteiger partial charge in [0, 0.05) is 17.7 Å². The Bertz CT molecular complexity index is 856. The first kappa shape index (κ1) is 15.7. The van der Waals surface area contributed by atoms with Crippen molar-refractivity contribution in [2.45, 2.75) is 37.5 Å². The van der Waals surface area contributed by atoms with Crippen molar-refractivity contribution >= 4 is 21.5 Å². The summed E-state index contributed by atoms with van der Waals surface area (Å²) in [4.78, 5) is 11.9. The molecule has 0 unspecified atom stereocenters. The zero-order chi connectivity index (χ0) is 16.4. The Kier molecular flexibility index (Phi) is 4.22. The number of benzene rings is 2. The van der Waals surface area contributed by atoms with Crippen LogP contribution in [-0.4, -0.2) is 14.2 Å². The molecule has 0 amide bonds. The van der Waals surface area contributed by atoms with Crippen LogP contribution in [0, 0.1) is 0 Å². The number of rotatable bonds is 5. The van der Waals surface area contributed by atoms with Gasteiger partial charge in [-0.25, -0.2) is 8.42 Å². The van der Waals surface area contributed by atoms with Crippen molar-refractivity contribution < 1.29 is 13.2 Å². The lowest BCUT2D eigenvalue weighted by Crippen LogP contribution is -2.14. The standard InChI is InChI=1S/C18H19NO3S/c1-2-18(20)15-7-4-8-17(12-15)23(21,22)19-16-10-9-13-5-3-6-14(13)11-16/h4,7-12,19H,2-3,5-6H2,1H3. The van der Waals surface area contributed by atoms with E-state index < -0.39 is 10.0 Å². The van der Waals surface area contributed by atoms with Crippen LogP contribution in [0.3, 0.4) is 0 Å². The second kappa shape index (κ2) is 6.16. The van der Waals surface area contributed by atoms with E-state index in [1.54, 1.807) is 25.1 Å². The number of sulfonamides is 1. The predicted octanol–water partition coefficient (Wildman–Crippen LogP) is 3.57. The average molecular weight is 329 g/mol. The van der Waals surface area contributed by atoms with Crippen molar-refractivity contribution in [1.82, 2.24) is 0 Å². The number of Topliss-reactive ketones (excluding diaryl/α,β-unsaturated/α-hetero) is 1. The van der Waals surface area contributed by atoms with E-state index in [0.29, 0.717) is 17.7 Å². The Labute approximate surface area is 136 Å². The van der Waals surface area contributed by atoms with E-state index in [9.17, 15) is 13.2 Å². The number of anilines is 1. The van der Waals surface area contributed by atoms with Crippen molar-refractivity contribution in [2.24, 2.45) is 0 Å². The zero-order valence-corrected chi connectivity index (χ0v) is 13.8. The molecular formula is C18H19NO3S. The van der Waals surface area contributed by atoms with Crippen LogP contribution in [0.5, 0.6) is 0 Å². The van der Waals surface area contributed by atoms with Crippen LogP contribution >= 0.6 is 0 Å². The molecule has 0 radical (unpaired) electrons. The topological polar surface area (TPSA) is 63.2 Å². The Morgan fingerprint density at radius 3 is 2.65 bits per heavy atom. The molecule has 23 heavy (non-hydrogen) atoms. The molecule has 4 nitrogen and oxygen atoms in total. The largest absolute Gasteiger partial charge is 0.294 e. The van der Waals surface area contributed by atoms with Crippen molar-refractivity contribution in [3.63, 3.8) is 0 Å². The monoisotopic (exact) mass is 329 g/mol. The van der Waals surface area contributed by atoms with Crippen LogP contribution in [0.1, 0.15) is 41.3 Å². The van der Waals surface area contributed by atoms with Gasteiger partial charge >= 0.3 is 0 Å². The minimum atomic E-state index is -3.70. The van der Waals surface area contributed by atoms with Gasteiger partial charge in [-0.15, -0.1) is 0 Å². The van der Waals surface area contributed by atoms with Crippen LogP contribution in [0.25, 0.3) is 0 Å². The molecule has 0 heterocycles. The number of carbonyl (C=O) groups is 1. The van der Waals surface area contributed by atoms with Gasteiger partial charge in [0.05, 0.1) is 4.90 Å². The first-order valence-corrected chi connectivity index (χ1v) is 9.26. The molecule has 2 aromatic rings. The SMILES string of the molecule is CCC(=O)c1cccc(S(=O)(=O)Nc2ccc3c(c2)CCC3)c1. The molecule has 0 aromatic heterocycles. The molecule has 2 aromatic carbocycles. The summed E-state index contributed by atoms with van der Waals surface area (Å²) in [5, 5.41) is 0. The maximum absolute atomic E-state index is 12.5. The molecule has 0 spiro atoms. The summed E-state index contributed by atoms with van der Waals surface area (Å²) in [6.07, 6.45) is 3.52. The molecule has 0 bridgehead atoms. The van der Waals surface area contributed by atoms with Gasteiger partial charge in [0.2, 0.25) is 0 Å². The van der Waals surface area contributed by atoms with Crippen molar-refractivity contribution in [1.29, 1.82) is 0 Å². The van der Waals surface area contributed by atoms with Gasteiger partial charge in [0.15, 0.2) is 5.78 Å². The summed E-state index contributed by atoms with van der Waals surface area (Å²) < 4.78 is 27.7. The lowest BCUT2D eigenvalue weighted by molar-refractivity contribution is 0.0988. The van der Waals surface area contributed by atoms with Crippen molar-refractivity contribution in [3.8, 4) is 0 Å². The molecule has 1 aliphatic rings. The van der Waals surface area contributed by atoms with Gasteiger partial charge in [-0.2, -0.15) is 0 Å². The molecule has 0 saturated heterocycles. The summed E-state index contributed by atoms with van der Waals surface area (Å²) in [6.45, 7) is 1.76. The molecule has 3 rings (SSSR count). The molecular weight excluding hydrogens is 310 g/mol. The minimum absolute atomic E-state index is 0.0698. The lowest BCUT2D eigenvalue weighted by Gasteiger charge is -2.10. The molecule has 1 N–H and O–H groups in total. The highest BCUT2D eigenvalue weighted by Gasteiger charge is 2.18. The number of fused-ring (bicyclic) bond motifs is 1. The fourth-order valence-corrected chi connectivity index (χ4v) is 3.99. The Morgan fingerprint density at radius 1 is 1.09 bits per heavy atom. The number of hydrogen-bond donors (Lipinski definition) is 1. The molecule has 120 valence electrons. The Balaban J connectivity index is 1.88. The minimum Gasteiger partial charge on any atom is -0.294 e. The van der Waals surface area contributed by atoms with E-state index >= 15 is 0 Å². The summed E-state index contributed by atoms with van der Waals surface area (Å²) in [7, 11) is -3.70. The molecule has 0 fully saturated rings. The maximum Gasteiger partial charge on any atom is 0.261 e. The van der Waals surface area contributed by atoms with Crippen LogP contribution in [0.15, 0.2) is 47.4 Å². The highest BCUT2D eigenvalue weighted by Crippen LogP contribution is 2.26. The second-order valence-electron chi connectivity index (χ2n) is 5.75. The summed E-state index contributed by atoms with van der Waals surface area (Å²) in [5.74, 6) is -0.0698. The van der Waals surface area contributed by atoms with Crippen LogP contribution in [0.4, 0.5) is 5.69 Å². The number of nitrogens with one attached hydrogen (secondary N) is 1. The Hall–Kier alpha value is -2.14. The smallest absolute Gasteiger partial charge is 0.261 e. The van der Waals surface area contributed by atoms with E-state index in [-0.39, 0.29) is 10.7 Å². The van der Waals surface area contributed by atoms with E-state index in [4.69, 9.17) is 0 Å². The third kappa shape index (κ3) is 3.29. The first-order valence-electron chi connectivity index (χ1n) is 7.77. The summed E-state index contributed by atoms with van der Waals surface area (Å²) in [6, 6.07) is 11.9. The number of ketones is 1. The van der Waals surface area contributed by atoms with E-state index in [1.165, 1.54) is 23.3 Å². The Morgan fingerprint density at radius 2 is 1.87 bits per heavy atom. The van der Waals surface area contributed by atoms with Crippen molar-refractivity contribution in [3.05, 3.63) is 59.2 Å². The van der Waals surface area contributed by atoms with Crippen molar-refractivity contribution in [2.75, 3.05) is 4.72 Å². The lowest BCUT2D eigenvalue weighted by atomic mass is 10.1. The predicted molar refractivity (Wildman–Crippen MR) is 90.3 cm³/mol. The fraction of sp³-hybridized carbons (Fsp3) is 0.278. The molecule has 0 saturated carbocycles. The normalized spacial score (nSPS) is 13.6. The maximum atomic E-state index is 12.5. The number of hydrogen-bond acceptors (Lipinski definition) is 3. The van der Waals surface area contributed by atoms with Gasteiger partial charge in [-0.3, -0.25) is 9.52 Å². The second-order valence-corrected chi connectivity index (χ2v) is 7.43. The molecule has 5 heteroatoms. The number of carbonyl (C=O) groups excluding carboxylic acids is 1. The highest BCUT2D eigenvalue weighted by molar-refractivity contribution is 7.92. The van der Waals surface area contributed by atoms with Crippen LogP contribution < -0.4 is 4.72 Å². The first-order chi connectivity index (χ1) is 11.0. The van der Waals surface area contributed by atoms with Crippen LogP contribution in [0.2, 0.25) is 0 Å². The van der Waals surface area contributed by atoms with E-state index in [1.807, 2.05) is 12.1 Å². The third-order valence-corrected chi connectivity index (χ3v) is 5.52.